The second-order valence-electron chi connectivity index (χ2n) is 8.31. The van der Waals surface area contributed by atoms with Crippen LogP contribution in [0.2, 0.25) is 0 Å². The Bertz CT molecular complexity index is 1230. The molecule has 0 unspecified atom stereocenters. The summed E-state index contributed by atoms with van der Waals surface area (Å²) in [6.07, 6.45) is 2.92. The molecule has 0 aromatic carbocycles. The van der Waals surface area contributed by atoms with Crippen LogP contribution in [-0.2, 0) is 21.3 Å². The summed E-state index contributed by atoms with van der Waals surface area (Å²) in [5.74, 6) is 2.51. The molecule has 0 bridgehead atoms. The van der Waals surface area contributed by atoms with Crippen LogP contribution in [0.5, 0.6) is 0 Å². The highest BCUT2D eigenvalue weighted by Crippen LogP contribution is 2.31. The maximum absolute atomic E-state index is 11.8. The van der Waals surface area contributed by atoms with Gasteiger partial charge in [0.25, 0.3) is 0 Å². The molecule has 3 aromatic heterocycles. The Morgan fingerprint density at radius 2 is 1.82 bits per heavy atom. The molecule has 2 fully saturated rings. The van der Waals surface area contributed by atoms with Crippen molar-refractivity contribution in [3.63, 3.8) is 0 Å². The van der Waals surface area contributed by atoms with Crippen LogP contribution < -0.4 is 10.6 Å². The van der Waals surface area contributed by atoms with Gasteiger partial charge in [-0.1, -0.05) is 0 Å². The van der Waals surface area contributed by atoms with Crippen LogP contribution in [0.15, 0.2) is 28.8 Å². The average molecular weight is 474 g/mol. The number of fused-ring (bicyclic) bond motifs is 1. The normalized spacial score (nSPS) is 18.8. The molecule has 12 heteroatoms. The molecule has 2 aliphatic rings. The van der Waals surface area contributed by atoms with E-state index in [0.29, 0.717) is 63.2 Å². The molecule has 176 valence electrons. The van der Waals surface area contributed by atoms with Gasteiger partial charge in [0.1, 0.15) is 17.1 Å². The van der Waals surface area contributed by atoms with E-state index in [9.17, 15) is 8.42 Å². The number of nitrogens with zero attached hydrogens (tertiary/aromatic N) is 6. The SMILES string of the molecule is CS(=O)(=O)N1CCN(Cc2cc3nc(-c4ccc(N)nc4)nc(N4CCOCC4)c3o2)CC1. The Morgan fingerprint density at radius 3 is 2.48 bits per heavy atom. The van der Waals surface area contributed by atoms with Crippen molar-refractivity contribution < 1.29 is 17.6 Å². The summed E-state index contributed by atoms with van der Waals surface area (Å²) in [4.78, 5) is 18.1. The Hall–Kier alpha value is -2.80. The van der Waals surface area contributed by atoms with Crippen LogP contribution >= 0.6 is 0 Å². The third-order valence-electron chi connectivity index (χ3n) is 5.94. The lowest BCUT2D eigenvalue weighted by Crippen LogP contribution is -2.47. The second-order valence-corrected chi connectivity index (χ2v) is 10.3. The minimum atomic E-state index is -3.16. The van der Waals surface area contributed by atoms with Crippen molar-refractivity contribution in [1.29, 1.82) is 0 Å². The summed E-state index contributed by atoms with van der Waals surface area (Å²) < 4.78 is 36.8. The molecule has 5 rings (SSSR count). The van der Waals surface area contributed by atoms with Gasteiger partial charge in [-0.15, -0.1) is 0 Å². The van der Waals surface area contributed by atoms with Crippen molar-refractivity contribution in [3.8, 4) is 11.4 Å². The van der Waals surface area contributed by atoms with Crippen LogP contribution in [0, 0.1) is 0 Å². The topological polar surface area (TPSA) is 131 Å². The van der Waals surface area contributed by atoms with Crippen LogP contribution in [0.3, 0.4) is 0 Å². The van der Waals surface area contributed by atoms with E-state index in [4.69, 9.17) is 24.9 Å². The Labute approximate surface area is 192 Å². The summed E-state index contributed by atoms with van der Waals surface area (Å²) in [5, 5.41) is 0. The van der Waals surface area contributed by atoms with Crippen LogP contribution in [0.1, 0.15) is 5.76 Å². The highest BCUT2D eigenvalue weighted by Gasteiger charge is 2.25. The van der Waals surface area contributed by atoms with Gasteiger partial charge in [0.2, 0.25) is 10.0 Å². The predicted molar refractivity (Wildman–Crippen MR) is 124 cm³/mol. The van der Waals surface area contributed by atoms with Crippen molar-refractivity contribution >= 4 is 32.8 Å². The zero-order valence-corrected chi connectivity index (χ0v) is 19.3. The molecule has 3 aromatic rings. The fraction of sp³-hybridized carbons (Fsp3) is 0.476. The number of morpholine rings is 1. The molecule has 11 nitrogen and oxygen atoms in total. The van der Waals surface area contributed by atoms with E-state index in [1.807, 2.05) is 12.1 Å². The summed E-state index contributed by atoms with van der Waals surface area (Å²) in [6.45, 7) is 5.52. The predicted octanol–water partition coefficient (Wildman–Crippen LogP) is 0.781. The van der Waals surface area contributed by atoms with Crippen molar-refractivity contribution in [3.05, 3.63) is 30.2 Å². The quantitative estimate of drug-likeness (QED) is 0.567. The summed E-state index contributed by atoms with van der Waals surface area (Å²) >= 11 is 0. The van der Waals surface area contributed by atoms with Gasteiger partial charge in [-0.3, -0.25) is 4.90 Å². The van der Waals surface area contributed by atoms with Gasteiger partial charge in [0, 0.05) is 57.1 Å². The molecular formula is C21H27N7O4S. The van der Waals surface area contributed by atoms with Gasteiger partial charge in [0.15, 0.2) is 17.2 Å². The van der Waals surface area contributed by atoms with E-state index >= 15 is 0 Å². The van der Waals surface area contributed by atoms with Crippen LogP contribution in [-0.4, -0.2) is 91.3 Å². The van der Waals surface area contributed by atoms with Gasteiger partial charge < -0.3 is 19.8 Å². The number of aromatic nitrogens is 3. The van der Waals surface area contributed by atoms with Gasteiger partial charge in [-0.2, -0.15) is 4.31 Å². The number of anilines is 2. The third kappa shape index (κ3) is 4.78. The highest BCUT2D eigenvalue weighted by molar-refractivity contribution is 7.88. The maximum atomic E-state index is 11.8. The average Bonchev–Trinajstić information content (AvgIpc) is 3.21. The van der Waals surface area contributed by atoms with Gasteiger partial charge in [-0.25, -0.2) is 23.4 Å². The number of nitrogens with two attached hydrogens (primary N) is 1. The molecule has 0 radical (unpaired) electrons. The van der Waals surface area contributed by atoms with E-state index in [-0.39, 0.29) is 0 Å². The standard InChI is InChI=1S/C21H27N7O4S/c1-33(29,30)28-6-4-26(5-7-28)14-16-12-17-19(32-16)21(27-8-10-31-11-9-27)25-20(24-17)15-2-3-18(22)23-13-15/h2-3,12-13H,4-11,14H2,1H3,(H2,22,23). The first-order valence-corrected chi connectivity index (χ1v) is 12.7. The molecule has 2 aliphatic heterocycles. The number of nitrogen functional groups attached to an aromatic ring is 1. The van der Waals surface area contributed by atoms with Gasteiger partial charge in [0.05, 0.1) is 26.0 Å². The van der Waals surface area contributed by atoms with E-state index in [0.717, 1.165) is 35.7 Å². The molecule has 2 N–H and O–H groups in total. The molecule has 33 heavy (non-hydrogen) atoms. The van der Waals surface area contributed by atoms with Crippen molar-refractivity contribution in [2.24, 2.45) is 0 Å². The minimum Gasteiger partial charge on any atom is -0.454 e. The lowest BCUT2D eigenvalue weighted by molar-refractivity contribution is 0.122. The van der Waals surface area contributed by atoms with Gasteiger partial charge >= 0.3 is 0 Å². The van der Waals surface area contributed by atoms with Gasteiger partial charge in [-0.05, 0) is 12.1 Å². The number of hydrogen-bond acceptors (Lipinski definition) is 10. The Morgan fingerprint density at radius 1 is 1.06 bits per heavy atom. The number of ether oxygens (including phenoxy) is 1. The monoisotopic (exact) mass is 473 g/mol. The van der Waals surface area contributed by atoms with Crippen LogP contribution in [0.25, 0.3) is 22.5 Å². The highest BCUT2D eigenvalue weighted by atomic mass is 32.2. The number of pyridine rings is 1. The first kappa shape index (κ1) is 22.0. The number of hydrogen-bond donors (Lipinski definition) is 1. The Kier molecular flexibility index (Phi) is 5.91. The number of piperazine rings is 1. The fourth-order valence-corrected chi connectivity index (χ4v) is 4.96. The first-order valence-electron chi connectivity index (χ1n) is 10.9. The molecule has 0 amide bonds. The number of rotatable bonds is 5. The largest absolute Gasteiger partial charge is 0.454 e. The van der Waals surface area contributed by atoms with E-state index in [1.54, 1.807) is 12.3 Å². The molecule has 0 spiro atoms. The van der Waals surface area contributed by atoms with Crippen molar-refractivity contribution in [2.45, 2.75) is 6.54 Å². The van der Waals surface area contributed by atoms with E-state index in [2.05, 4.69) is 14.8 Å². The molecule has 0 saturated carbocycles. The molecule has 0 aliphatic carbocycles. The third-order valence-corrected chi connectivity index (χ3v) is 7.24. The minimum absolute atomic E-state index is 0.440. The van der Waals surface area contributed by atoms with E-state index < -0.39 is 10.0 Å². The molecule has 5 heterocycles. The van der Waals surface area contributed by atoms with Crippen LogP contribution in [0.4, 0.5) is 11.6 Å². The molecular weight excluding hydrogens is 446 g/mol. The smallest absolute Gasteiger partial charge is 0.211 e. The Balaban J connectivity index is 1.45. The molecule has 0 atom stereocenters. The first-order chi connectivity index (χ1) is 15.9. The molecule has 2 saturated heterocycles. The summed E-state index contributed by atoms with van der Waals surface area (Å²) in [6, 6.07) is 5.53. The van der Waals surface area contributed by atoms with Crippen molar-refractivity contribution in [2.75, 3.05) is 69.4 Å². The number of furan rings is 1. The second kappa shape index (κ2) is 8.86. The fourth-order valence-electron chi connectivity index (χ4n) is 4.14. The van der Waals surface area contributed by atoms with Crippen molar-refractivity contribution in [1.82, 2.24) is 24.2 Å². The summed E-state index contributed by atoms with van der Waals surface area (Å²) in [5.41, 5.74) is 7.89. The van der Waals surface area contributed by atoms with E-state index in [1.165, 1.54) is 10.6 Å². The summed E-state index contributed by atoms with van der Waals surface area (Å²) in [7, 11) is -3.16. The number of sulfonamides is 1. The zero-order chi connectivity index (χ0) is 23.0. The lowest BCUT2D eigenvalue weighted by atomic mass is 10.2. The lowest BCUT2D eigenvalue weighted by Gasteiger charge is -2.32. The maximum Gasteiger partial charge on any atom is 0.211 e. The zero-order valence-electron chi connectivity index (χ0n) is 18.5.